The molecular weight excluding hydrogens is 169 g/mol. The smallest absolute Gasteiger partial charge is 0.0311 e. The molecule has 0 rings (SSSR count). The van der Waals surface area contributed by atoms with E-state index >= 15 is 0 Å². The molecule has 7 heteroatoms. The fourth-order valence-electron chi connectivity index (χ4n) is 0. The summed E-state index contributed by atoms with van der Waals surface area (Å²) in [6, 6.07) is 0. The summed E-state index contributed by atoms with van der Waals surface area (Å²) in [6.45, 7) is 0. The maximum Gasteiger partial charge on any atom is 0.0311 e. The Morgan fingerprint density at radius 2 is 1.14 bits per heavy atom. The van der Waals surface area contributed by atoms with Crippen LogP contribution in [-0.2, 0) is 26.9 Å². The molecular formula is H4NNiO4S-. The summed E-state index contributed by atoms with van der Waals surface area (Å²) in [4.78, 5) is 0. The zero-order chi connectivity index (χ0) is 4.50. The quantitative estimate of drug-likeness (QED) is 0.288. The average molecular weight is 173 g/mol. The van der Waals surface area contributed by atoms with Gasteiger partial charge < -0.3 is 15.3 Å². The van der Waals surface area contributed by atoms with Crippen LogP contribution in [0, 0.1) is 0 Å². The van der Waals surface area contributed by atoms with Crippen molar-refractivity contribution in [3.63, 3.8) is 0 Å². The van der Waals surface area contributed by atoms with Gasteiger partial charge in [0.1, 0.15) is 0 Å². The van der Waals surface area contributed by atoms with Gasteiger partial charge in [-0.15, -0.1) is 0 Å². The van der Waals surface area contributed by atoms with Crippen LogP contribution in [0.3, 0.4) is 0 Å². The van der Waals surface area contributed by atoms with Crippen LogP contribution in [0.2, 0.25) is 0 Å². The molecule has 5 nitrogen and oxygen atoms in total. The van der Waals surface area contributed by atoms with Crippen molar-refractivity contribution in [3.8, 4) is 0 Å². The summed E-state index contributed by atoms with van der Waals surface area (Å²) in [5.74, 6) is 0. The molecule has 0 spiro atoms. The number of rotatable bonds is 0. The molecule has 0 atom stereocenters. The van der Waals surface area contributed by atoms with Gasteiger partial charge in [0.15, 0.2) is 0 Å². The van der Waals surface area contributed by atoms with Gasteiger partial charge in [-0.25, -0.2) is 0 Å². The van der Waals surface area contributed by atoms with E-state index in [0.29, 0.717) is 0 Å². The van der Waals surface area contributed by atoms with Gasteiger partial charge in [-0.1, -0.05) is 0 Å². The Bertz CT molecular complexity index is 94.9. The molecule has 0 saturated carbocycles. The molecule has 50 valence electrons. The minimum atomic E-state index is -5.17. The summed E-state index contributed by atoms with van der Waals surface area (Å²) >= 11 is 0. The zero-order valence-electron chi connectivity index (χ0n) is 3.36. The number of quaternary nitrogens is 1. The van der Waals surface area contributed by atoms with E-state index in [-0.39, 0.29) is 22.6 Å². The van der Waals surface area contributed by atoms with E-state index in [4.69, 9.17) is 17.5 Å². The number of hydrogen-bond acceptors (Lipinski definition) is 4. The third-order valence-corrected chi connectivity index (χ3v) is 0. The summed E-state index contributed by atoms with van der Waals surface area (Å²) in [5.41, 5.74) is 0. The van der Waals surface area contributed by atoms with E-state index in [1.54, 1.807) is 0 Å². The van der Waals surface area contributed by atoms with Gasteiger partial charge in [0.05, 0.1) is 0 Å². The first kappa shape index (κ1) is 15.7. The second-order valence-corrected chi connectivity index (χ2v) is 1.22. The van der Waals surface area contributed by atoms with Gasteiger partial charge in [0, 0.05) is 26.9 Å². The Morgan fingerprint density at radius 1 is 1.14 bits per heavy atom. The third kappa shape index (κ3) is 1130. The van der Waals surface area contributed by atoms with E-state index in [9.17, 15) is 0 Å². The standard InChI is InChI=1S/H3N.Ni.H2O4S/c;;1-5(2,3)4/h1H3;;(H2,1,2,3,4)/p-1. The van der Waals surface area contributed by atoms with E-state index in [0.717, 1.165) is 0 Å². The maximum absolute atomic E-state index is 8.52. The normalized spacial score (nSPS) is 8.29. The molecule has 7 heavy (non-hydrogen) atoms. The summed E-state index contributed by atoms with van der Waals surface area (Å²) < 4.78 is 34.1. The van der Waals surface area contributed by atoms with Crippen LogP contribution in [0.1, 0.15) is 0 Å². The molecule has 4 N–H and O–H groups in total. The molecule has 0 unspecified atom stereocenters. The van der Waals surface area contributed by atoms with Gasteiger partial charge in [0.2, 0.25) is 0 Å². The molecule has 0 aliphatic carbocycles. The molecule has 0 aromatic heterocycles. The molecule has 0 bridgehead atoms. The molecule has 0 aliphatic heterocycles. The van der Waals surface area contributed by atoms with Gasteiger partial charge >= 0.3 is 0 Å². The minimum absolute atomic E-state index is 0. The Balaban J connectivity index is -0.0000000800. The van der Waals surface area contributed by atoms with Crippen LogP contribution in [-0.4, -0.2) is 17.5 Å². The fourth-order valence-corrected chi connectivity index (χ4v) is 0. The molecule has 0 amide bonds. The SMILES string of the molecule is O=S(=O)([O-])[O-].[NH4+].[Ni]. The van der Waals surface area contributed by atoms with E-state index in [2.05, 4.69) is 0 Å². The summed E-state index contributed by atoms with van der Waals surface area (Å²) in [6.07, 6.45) is 0. The van der Waals surface area contributed by atoms with Crippen molar-refractivity contribution in [1.29, 1.82) is 0 Å². The van der Waals surface area contributed by atoms with Crippen molar-refractivity contribution in [2.24, 2.45) is 0 Å². The van der Waals surface area contributed by atoms with Crippen LogP contribution in [0.25, 0.3) is 0 Å². The van der Waals surface area contributed by atoms with E-state index < -0.39 is 10.4 Å². The minimum Gasteiger partial charge on any atom is -0.759 e. The second-order valence-electron chi connectivity index (χ2n) is 0.408. The first-order valence-electron chi connectivity index (χ1n) is 0.667. The molecule has 0 aliphatic rings. The summed E-state index contributed by atoms with van der Waals surface area (Å²) in [5, 5.41) is 0. The van der Waals surface area contributed by atoms with Gasteiger partial charge in [-0.3, -0.25) is 8.42 Å². The molecule has 0 heterocycles. The first-order valence-corrected chi connectivity index (χ1v) is 2.00. The van der Waals surface area contributed by atoms with Crippen molar-refractivity contribution in [2.45, 2.75) is 0 Å². The van der Waals surface area contributed by atoms with Crippen LogP contribution in [0.15, 0.2) is 0 Å². The van der Waals surface area contributed by atoms with Crippen LogP contribution in [0.5, 0.6) is 0 Å². The maximum atomic E-state index is 8.52. The monoisotopic (exact) mass is 172 g/mol. The van der Waals surface area contributed by atoms with Crippen molar-refractivity contribution < 1.29 is 34.0 Å². The van der Waals surface area contributed by atoms with Gasteiger partial charge in [0.25, 0.3) is 0 Å². The van der Waals surface area contributed by atoms with Crippen molar-refractivity contribution >= 4 is 10.4 Å². The zero-order valence-corrected chi connectivity index (χ0v) is 5.16. The summed E-state index contributed by atoms with van der Waals surface area (Å²) in [7, 11) is -5.17. The fraction of sp³-hybridized carbons (Fsp3) is 0. The Kier molecular flexibility index (Phi) is 10.0. The third-order valence-electron chi connectivity index (χ3n) is 0. The average Bonchev–Trinajstić information content (AvgIpc) is 0.722. The second kappa shape index (κ2) is 4.48. The Hall–Kier alpha value is 0.324. The van der Waals surface area contributed by atoms with Gasteiger partial charge in [-0.2, -0.15) is 0 Å². The first-order chi connectivity index (χ1) is 2.00. The predicted octanol–water partition coefficient (Wildman–Crippen LogP) is -0.964. The van der Waals surface area contributed by atoms with Crippen molar-refractivity contribution in [3.05, 3.63) is 0 Å². The van der Waals surface area contributed by atoms with Crippen molar-refractivity contribution in [2.75, 3.05) is 0 Å². The van der Waals surface area contributed by atoms with Crippen molar-refractivity contribution in [1.82, 2.24) is 6.15 Å². The van der Waals surface area contributed by atoms with Crippen LogP contribution < -0.4 is 6.15 Å². The molecule has 0 aromatic rings. The largest absolute Gasteiger partial charge is 0.759 e. The van der Waals surface area contributed by atoms with Gasteiger partial charge in [-0.05, 0) is 0 Å². The molecule has 0 radical (unpaired) electrons. The molecule has 0 fully saturated rings. The Morgan fingerprint density at radius 3 is 1.14 bits per heavy atom. The number of hydrogen-bond donors (Lipinski definition) is 1. The topological polar surface area (TPSA) is 117 Å². The molecule has 0 aromatic carbocycles. The molecule has 0 saturated heterocycles. The van der Waals surface area contributed by atoms with Crippen LogP contribution >= 0.6 is 0 Å². The predicted molar refractivity (Wildman–Crippen MR) is 16.5 cm³/mol. The van der Waals surface area contributed by atoms with Crippen LogP contribution in [0.4, 0.5) is 0 Å². The van der Waals surface area contributed by atoms with E-state index in [1.165, 1.54) is 0 Å². The Labute approximate surface area is 51.2 Å². The van der Waals surface area contributed by atoms with E-state index in [1.807, 2.05) is 0 Å².